The number of aryl methyl sites for hydroxylation is 1. The molecule has 1 heterocycles. The third-order valence-corrected chi connectivity index (χ3v) is 5.62. The third-order valence-electron chi connectivity index (χ3n) is 5.62. The smallest absolute Gasteiger partial charge is 0.250 e. The monoisotopic (exact) mass is 382 g/mol. The van der Waals surface area contributed by atoms with Gasteiger partial charge in [-0.1, -0.05) is 66.7 Å². The van der Waals surface area contributed by atoms with Gasteiger partial charge in [-0.15, -0.1) is 0 Å². The van der Waals surface area contributed by atoms with E-state index in [4.69, 9.17) is 5.73 Å². The number of carbonyl (C=O) groups excluding carboxylic acids is 1. The van der Waals surface area contributed by atoms with Gasteiger partial charge in [-0.05, 0) is 60.2 Å². The van der Waals surface area contributed by atoms with E-state index in [-0.39, 0.29) is 5.91 Å². The Morgan fingerprint density at radius 2 is 1.59 bits per heavy atom. The molecule has 0 fully saturated rings. The van der Waals surface area contributed by atoms with Crippen molar-refractivity contribution in [3.63, 3.8) is 0 Å². The summed E-state index contributed by atoms with van der Waals surface area (Å²) in [6, 6.07) is 27.3. The number of unbranched alkanes of at least 4 members (excludes halogenated alkanes) is 1. The first-order valence-corrected chi connectivity index (χ1v) is 10.2. The van der Waals surface area contributed by atoms with Crippen molar-refractivity contribution in [2.75, 3.05) is 0 Å². The number of hydrogen-bond donors (Lipinski definition) is 1. The van der Waals surface area contributed by atoms with Crippen LogP contribution in [0, 0.1) is 6.92 Å². The lowest BCUT2D eigenvalue weighted by Crippen LogP contribution is -2.12. The summed E-state index contributed by atoms with van der Waals surface area (Å²) in [6.45, 7) is 2.86. The van der Waals surface area contributed by atoms with Crippen LogP contribution in [0.5, 0.6) is 0 Å². The highest BCUT2D eigenvalue weighted by atomic mass is 16.1. The third kappa shape index (κ3) is 4.09. The number of rotatable bonds is 7. The standard InChI is InChI=1S/C26H26N2O/c1-19-24(26(27)29)18-25(23-15-14-21-12-5-6-13-22(21)17-23)28(19)16-8-7-11-20-9-3-2-4-10-20/h2-6,9-10,12-15,17-18H,7-8,11,16H2,1H3,(H2,27,29). The molecule has 0 spiro atoms. The van der Waals surface area contributed by atoms with Crippen LogP contribution < -0.4 is 5.73 Å². The molecule has 0 aliphatic carbocycles. The van der Waals surface area contributed by atoms with E-state index < -0.39 is 0 Å². The van der Waals surface area contributed by atoms with E-state index in [2.05, 4.69) is 65.2 Å². The molecule has 3 heteroatoms. The van der Waals surface area contributed by atoms with Crippen LogP contribution in [0.25, 0.3) is 22.0 Å². The first-order chi connectivity index (χ1) is 14.1. The van der Waals surface area contributed by atoms with Crippen molar-refractivity contribution in [2.24, 2.45) is 5.73 Å². The lowest BCUT2D eigenvalue weighted by molar-refractivity contribution is 0.0999. The molecule has 2 N–H and O–H groups in total. The van der Waals surface area contributed by atoms with Crippen LogP contribution in [-0.2, 0) is 13.0 Å². The fourth-order valence-electron chi connectivity index (χ4n) is 4.01. The molecule has 0 saturated carbocycles. The number of nitrogens with two attached hydrogens (primary N) is 1. The van der Waals surface area contributed by atoms with Crippen LogP contribution in [0.4, 0.5) is 0 Å². The van der Waals surface area contributed by atoms with Gasteiger partial charge in [0, 0.05) is 17.9 Å². The van der Waals surface area contributed by atoms with Crippen molar-refractivity contribution in [3.05, 3.63) is 95.7 Å². The Labute approximate surface area is 171 Å². The van der Waals surface area contributed by atoms with Gasteiger partial charge in [0.15, 0.2) is 0 Å². The molecule has 0 radical (unpaired) electrons. The summed E-state index contributed by atoms with van der Waals surface area (Å²) in [5.41, 5.74) is 10.7. The normalized spacial score (nSPS) is 11.1. The maximum absolute atomic E-state index is 12.0. The molecule has 3 nitrogen and oxygen atoms in total. The predicted molar refractivity (Wildman–Crippen MR) is 120 cm³/mol. The molecule has 0 unspecified atom stereocenters. The van der Waals surface area contributed by atoms with Crippen LogP contribution in [-0.4, -0.2) is 10.5 Å². The average molecular weight is 383 g/mol. The van der Waals surface area contributed by atoms with Gasteiger partial charge in [0.25, 0.3) is 5.91 Å². The second-order valence-electron chi connectivity index (χ2n) is 7.55. The molecule has 0 bridgehead atoms. The Kier molecular flexibility index (Phi) is 5.48. The van der Waals surface area contributed by atoms with Crippen LogP contribution in [0.15, 0.2) is 78.9 Å². The molecule has 4 rings (SSSR count). The minimum Gasteiger partial charge on any atom is -0.366 e. The molecule has 0 aliphatic rings. The van der Waals surface area contributed by atoms with E-state index in [1.54, 1.807) is 0 Å². The van der Waals surface area contributed by atoms with Crippen molar-refractivity contribution in [2.45, 2.75) is 32.7 Å². The van der Waals surface area contributed by atoms with Gasteiger partial charge in [0.1, 0.15) is 0 Å². The van der Waals surface area contributed by atoms with E-state index in [1.807, 2.05) is 25.1 Å². The molecule has 0 atom stereocenters. The fourth-order valence-corrected chi connectivity index (χ4v) is 4.01. The molecule has 0 aliphatic heterocycles. The topological polar surface area (TPSA) is 48.0 Å². The Morgan fingerprint density at radius 3 is 2.34 bits per heavy atom. The number of benzene rings is 3. The molecular formula is C26H26N2O. The second kappa shape index (κ2) is 8.36. The number of hydrogen-bond acceptors (Lipinski definition) is 1. The number of carbonyl (C=O) groups is 1. The summed E-state index contributed by atoms with van der Waals surface area (Å²) in [5, 5.41) is 2.41. The molecule has 3 aromatic carbocycles. The highest BCUT2D eigenvalue weighted by molar-refractivity contribution is 5.96. The number of amides is 1. The van der Waals surface area contributed by atoms with Crippen molar-refractivity contribution >= 4 is 16.7 Å². The molecule has 1 aromatic heterocycles. The summed E-state index contributed by atoms with van der Waals surface area (Å²) in [4.78, 5) is 12.0. The van der Waals surface area contributed by atoms with Crippen LogP contribution in [0.3, 0.4) is 0 Å². The number of nitrogens with zero attached hydrogens (tertiary/aromatic N) is 1. The summed E-state index contributed by atoms with van der Waals surface area (Å²) < 4.78 is 2.25. The van der Waals surface area contributed by atoms with Gasteiger partial charge >= 0.3 is 0 Å². The minimum absolute atomic E-state index is 0.368. The van der Waals surface area contributed by atoms with E-state index in [0.29, 0.717) is 5.56 Å². The average Bonchev–Trinajstić information content (AvgIpc) is 3.08. The van der Waals surface area contributed by atoms with Crippen molar-refractivity contribution < 1.29 is 4.79 Å². The SMILES string of the molecule is Cc1c(C(N)=O)cc(-c2ccc3ccccc3c2)n1CCCCc1ccccc1. The van der Waals surface area contributed by atoms with Crippen LogP contribution >= 0.6 is 0 Å². The quantitative estimate of drug-likeness (QED) is 0.407. The first kappa shape index (κ1) is 19.0. The predicted octanol–water partition coefficient (Wildman–Crippen LogP) is 5.74. The number of fused-ring (bicyclic) bond motifs is 1. The van der Waals surface area contributed by atoms with Gasteiger partial charge in [-0.25, -0.2) is 0 Å². The Balaban J connectivity index is 1.60. The molecule has 0 saturated heterocycles. The van der Waals surface area contributed by atoms with Gasteiger partial charge < -0.3 is 10.3 Å². The summed E-state index contributed by atoms with van der Waals surface area (Å²) in [6.07, 6.45) is 3.21. The summed E-state index contributed by atoms with van der Waals surface area (Å²) in [5.74, 6) is -0.368. The Bertz CT molecular complexity index is 1140. The van der Waals surface area contributed by atoms with Crippen molar-refractivity contribution in [1.29, 1.82) is 0 Å². The number of aromatic nitrogens is 1. The zero-order chi connectivity index (χ0) is 20.2. The van der Waals surface area contributed by atoms with Crippen LogP contribution in [0.1, 0.15) is 34.5 Å². The fraction of sp³-hybridized carbons (Fsp3) is 0.192. The highest BCUT2D eigenvalue weighted by Gasteiger charge is 2.16. The van der Waals surface area contributed by atoms with E-state index in [9.17, 15) is 4.79 Å². The maximum Gasteiger partial charge on any atom is 0.250 e. The van der Waals surface area contributed by atoms with E-state index in [0.717, 1.165) is 42.8 Å². The van der Waals surface area contributed by atoms with E-state index in [1.165, 1.54) is 16.3 Å². The zero-order valence-electron chi connectivity index (χ0n) is 16.8. The second-order valence-corrected chi connectivity index (χ2v) is 7.55. The first-order valence-electron chi connectivity index (χ1n) is 10.2. The van der Waals surface area contributed by atoms with Gasteiger partial charge in [-0.2, -0.15) is 0 Å². The largest absolute Gasteiger partial charge is 0.366 e. The van der Waals surface area contributed by atoms with Gasteiger partial charge in [-0.3, -0.25) is 4.79 Å². The van der Waals surface area contributed by atoms with Crippen molar-refractivity contribution in [3.8, 4) is 11.3 Å². The van der Waals surface area contributed by atoms with Gasteiger partial charge in [0.05, 0.1) is 5.56 Å². The molecular weight excluding hydrogens is 356 g/mol. The minimum atomic E-state index is -0.368. The van der Waals surface area contributed by atoms with Gasteiger partial charge in [0.2, 0.25) is 0 Å². The number of primary amides is 1. The molecule has 1 amide bonds. The lowest BCUT2D eigenvalue weighted by Gasteiger charge is -2.13. The summed E-state index contributed by atoms with van der Waals surface area (Å²) >= 11 is 0. The molecule has 29 heavy (non-hydrogen) atoms. The molecule has 4 aromatic rings. The van der Waals surface area contributed by atoms with Crippen molar-refractivity contribution in [1.82, 2.24) is 4.57 Å². The Hall–Kier alpha value is -3.33. The molecule has 146 valence electrons. The maximum atomic E-state index is 12.0. The zero-order valence-corrected chi connectivity index (χ0v) is 16.8. The summed E-state index contributed by atoms with van der Waals surface area (Å²) in [7, 11) is 0. The lowest BCUT2D eigenvalue weighted by atomic mass is 10.0. The highest BCUT2D eigenvalue weighted by Crippen LogP contribution is 2.29. The van der Waals surface area contributed by atoms with E-state index >= 15 is 0 Å². The van der Waals surface area contributed by atoms with Crippen LogP contribution in [0.2, 0.25) is 0 Å². The Morgan fingerprint density at radius 1 is 0.862 bits per heavy atom.